The van der Waals surface area contributed by atoms with Crippen LogP contribution in [0.1, 0.15) is 23.6 Å². The van der Waals surface area contributed by atoms with E-state index in [1.54, 1.807) is 6.92 Å². The topological polar surface area (TPSA) is 52.3 Å². The van der Waals surface area contributed by atoms with Crippen LogP contribution in [0.5, 0.6) is 0 Å². The fourth-order valence-corrected chi connectivity index (χ4v) is 1.68. The Hall–Kier alpha value is -1.13. The molecule has 2 N–H and O–H groups in total. The maximum absolute atomic E-state index is 13.3. The highest BCUT2D eigenvalue weighted by molar-refractivity contribution is 6.31. The number of halogens is 2. The second kappa shape index (κ2) is 5.27. The summed E-state index contributed by atoms with van der Waals surface area (Å²) >= 11 is 5.92. The molecule has 0 spiro atoms. The summed E-state index contributed by atoms with van der Waals surface area (Å²) in [5.74, 6) is -0.843. The van der Waals surface area contributed by atoms with E-state index in [1.165, 1.54) is 19.2 Å². The summed E-state index contributed by atoms with van der Waals surface area (Å²) < 4.78 is 17.8. The molecule has 0 aliphatic heterocycles. The molecule has 1 atom stereocenters. The van der Waals surface area contributed by atoms with Crippen LogP contribution in [0.15, 0.2) is 12.1 Å². The zero-order chi connectivity index (χ0) is 12.3. The summed E-state index contributed by atoms with van der Waals surface area (Å²) in [4.78, 5) is 11.0. The zero-order valence-corrected chi connectivity index (χ0v) is 9.84. The van der Waals surface area contributed by atoms with Gasteiger partial charge in [-0.15, -0.1) is 0 Å². The van der Waals surface area contributed by atoms with Gasteiger partial charge in [0.1, 0.15) is 5.82 Å². The molecule has 0 amide bonds. The maximum atomic E-state index is 13.3. The van der Waals surface area contributed by atoms with Gasteiger partial charge in [-0.2, -0.15) is 0 Å². The third kappa shape index (κ3) is 2.93. The highest BCUT2D eigenvalue weighted by Crippen LogP contribution is 2.26. The Labute approximate surface area is 98.3 Å². The van der Waals surface area contributed by atoms with Crippen molar-refractivity contribution < 1.29 is 13.9 Å². The Bertz CT molecular complexity index is 409. The molecule has 3 nitrogen and oxygen atoms in total. The molecule has 0 aliphatic rings. The third-order valence-electron chi connectivity index (χ3n) is 2.29. The summed E-state index contributed by atoms with van der Waals surface area (Å²) in [7, 11) is 1.27. The molecule has 1 aromatic carbocycles. The molecule has 0 aliphatic carbocycles. The van der Waals surface area contributed by atoms with E-state index in [4.69, 9.17) is 17.3 Å². The van der Waals surface area contributed by atoms with Gasteiger partial charge in [-0.1, -0.05) is 11.6 Å². The molecule has 0 saturated heterocycles. The van der Waals surface area contributed by atoms with Crippen LogP contribution in [-0.2, 0) is 9.53 Å². The third-order valence-corrected chi connectivity index (χ3v) is 2.62. The number of hydrogen-bond acceptors (Lipinski definition) is 3. The monoisotopic (exact) mass is 245 g/mol. The SMILES string of the molecule is COC(=O)CC(N)c1cc(F)c(C)cc1Cl. The number of carbonyl (C=O) groups is 1. The van der Waals surface area contributed by atoms with Gasteiger partial charge in [-0.3, -0.25) is 4.79 Å². The minimum atomic E-state index is -0.657. The lowest BCUT2D eigenvalue weighted by atomic mass is 10.0. The second-order valence-corrected chi connectivity index (χ2v) is 3.92. The minimum absolute atomic E-state index is 0.0290. The van der Waals surface area contributed by atoms with Crippen LogP contribution in [0.25, 0.3) is 0 Å². The first-order valence-electron chi connectivity index (χ1n) is 4.73. The van der Waals surface area contributed by atoms with Crippen molar-refractivity contribution in [1.29, 1.82) is 0 Å². The van der Waals surface area contributed by atoms with Crippen LogP contribution in [0, 0.1) is 12.7 Å². The molecule has 0 fully saturated rings. The molecule has 1 unspecified atom stereocenters. The Kier molecular flexibility index (Phi) is 4.26. The molecule has 5 heteroatoms. The second-order valence-electron chi connectivity index (χ2n) is 3.51. The maximum Gasteiger partial charge on any atom is 0.307 e. The van der Waals surface area contributed by atoms with E-state index in [2.05, 4.69) is 4.74 Å². The van der Waals surface area contributed by atoms with Crippen LogP contribution in [0.3, 0.4) is 0 Å². The molecular formula is C11H13ClFNO2. The van der Waals surface area contributed by atoms with Gasteiger partial charge in [0, 0.05) is 11.1 Å². The van der Waals surface area contributed by atoms with Crippen LogP contribution in [0.2, 0.25) is 5.02 Å². The standard InChI is InChI=1S/C11H13ClFNO2/c1-6-3-8(12)7(4-9(6)13)10(14)5-11(15)16-2/h3-4,10H,5,14H2,1-2H3. The highest BCUT2D eigenvalue weighted by Gasteiger charge is 2.16. The quantitative estimate of drug-likeness (QED) is 0.832. The van der Waals surface area contributed by atoms with Crippen LogP contribution in [0.4, 0.5) is 4.39 Å². The molecule has 0 heterocycles. The first-order valence-corrected chi connectivity index (χ1v) is 5.11. The van der Waals surface area contributed by atoms with Crippen molar-refractivity contribution in [3.8, 4) is 0 Å². The number of nitrogens with two attached hydrogens (primary N) is 1. The lowest BCUT2D eigenvalue weighted by Gasteiger charge is -2.13. The summed E-state index contributed by atoms with van der Waals surface area (Å²) in [6.45, 7) is 1.61. The van der Waals surface area contributed by atoms with E-state index in [0.29, 0.717) is 16.1 Å². The van der Waals surface area contributed by atoms with Crippen molar-refractivity contribution in [1.82, 2.24) is 0 Å². The summed E-state index contributed by atoms with van der Waals surface area (Å²) in [6, 6.07) is 2.09. The van der Waals surface area contributed by atoms with E-state index < -0.39 is 12.0 Å². The van der Waals surface area contributed by atoms with Crippen molar-refractivity contribution in [3.05, 3.63) is 34.1 Å². The zero-order valence-electron chi connectivity index (χ0n) is 9.09. The van der Waals surface area contributed by atoms with E-state index in [1.807, 2.05) is 0 Å². The van der Waals surface area contributed by atoms with Gasteiger partial charge in [-0.05, 0) is 30.2 Å². The Balaban J connectivity index is 2.95. The number of hydrogen-bond donors (Lipinski definition) is 1. The van der Waals surface area contributed by atoms with E-state index in [9.17, 15) is 9.18 Å². The first-order chi connectivity index (χ1) is 7.45. The molecule has 16 heavy (non-hydrogen) atoms. The lowest BCUT2D eigenvalue weighted by Crippen LogP contribution is -2.17. The van der Waals surface area contributed by atoms with Gasteiger partial charge >= 0.3 is 5.97 Å². The summed E-state index contributed by atoms with van der Waals surface area (Å²) in [6.07, 6.45) is -0.0290. The fourth-order valence-electron chi connectivity index (χ4n) is 1.32. The summed E-state index contributed by atoms with van der Waals surface area (Å²) in [5, 5.41) is 0.357. The smallest absolute Gasteiger partial charge is 0.307 e. The average molecular weight is 246 g/mol. The molecule has 88 valence electrons. The van der Waals surface area contributed by atoms with Gasteiger partial charge in [0.15, 0.2) is 0 Å². The number of aryl methyl sites for hydroxylation is 1. The van der Waals surface area contributed by atoms with Crippen molar-refractivity contribution >= 4 is 17.6 Å². The number of esters is 1. The number of ether oxygens (including phenoxy) is 1. The van der Waals surface area contributed by atoms with E-state index >= 15 is 0 Å². The highest BCUT2D eigenvalue weighted by atomic mass is 35.5. The predicted octanol–water partition coefficient (Wildman–Crippen LogP) is 2.35. The Morgan fingerprint density at radius 3 is 2.81 bits per heavy atom. The average Bonchev–Trinajstić information content (AvgIpc) is 2.23. The van der Waals surface area contributed by atoms with Crippen LogP contribution >= 0.6 is 11.6 Å². The minimum Gasteiger partial charge on any atom is -0.469 e. The Morgan fingerprint density at radius 2 is 2.25 bits per heavy atom. The van der Waals surface area contributed by atoms with Crippen LogP contribution in [-0.4, -0.2) is 13.1 Å². The van der Waals surface area contributed by atoms with Gasteiger partial charge in [0.25, 0.3) is 0 Å². The molecule has 1 aromatic rings. The van der Waals surface area contributed by atoms with Crippen molar-refractivity contribution in [3.63, 3.8) is 0 Å². The first kappa shape index (κ1) is 12.9. The normalized spacial score (nSPS) is 12.3. The fraction of sp³-hybridized carbons (Fsp3) is 0.364. The number of methoxy groups -OCH3 is 1. The van der Waals surface area contributed by atoms with Gasteiger partial charge in [-0.25, -0.2) is 4.39 Å². The molecule has 0 aromatic heterocycles. The molecular weight excluding hydrogens is 233 g/mol. The summed E-state index contributed by atoms with van der Waals surface area (Å²) in [5.41, 5.74) is 6.60. The van der Waals surface area contributed by atoms with Gasteiger partial charge < -0.3 is 10.5 Å². The van der Waals surface area contributed by atoms with E-state index in [-0.39, 0.29) is 12.2 Å². The van der Waals surface area contributed by atoms with Crippen molar-refractivity contribution in [2.45, 2.75) is 19.4 Å². The molecule has 1 rings (SSSR count). The Morgan fingerprint density at radius 1 is 1.62 bits per heavy atom. The number of carbonyl (C=O) groups excluding carboxylic acids is 1. The lowest BCUT2D eigenvalue weighted by molar-refractivity contribution is -0.141. The van der Waals surface area contributed by atoms with Gasteiger partial charge in [0.05, 0.1) is 13.5 Å². The van der Waals surface area contributed by atoms with Crippen LogP contribution < -0.4 is 5.73 Å². The van der Waals surface area contributed by atoms with Crippen molar-refractivity contribution in [2.75, 3.05) is 7.11 Å². The number of rotatable bonds is 3. The number of benzene rings is 1. The largest absolute Gasteiger partial charge is 0.469 e. The van der Waals surface area contributed by atoms with E-state index in [0.717, 1.165) is 0 Å². The van der Waals surface area contributed by atoms with Gasteiger partial charge in [0.2, 0.25) is 0 Å². The molecule has 0 radical (unpaired) electrons. The van der Waals surface area contributed by atoms with Crippen molar-refractivity contribution in [2.24, 2.45) is 5.73 Å². The molecule has 0 bridgehead atoms. The molecule has 0 saturated carbocycles. The predicted molar refractivity (Wildman–Crippen MR) is 59.7 cm³/mol.